The van der Waals surface area contributed by atoms with Gasteiger partial charge >= 0.3 is 0 Å². The van der Waals surface area contributed by atoms with Crippen molar-refractivity contribution in [1.29, 1.82) is 0 Å². The molecule has 0 aliphatic heterocycles. The average molecular weight is 409 g/mol. The Morgan fingerprint density at radius 1 is 1.00 bits per heavy atom. The molecule has 30 heavy (non-hydrogen) atoms. The van der Waals surface area contributed by atoms with E-state index in [0.29, 0.717) is 41.6 Å². The number of nitrogens with zero attached hydrogens (tertiary/aromatic N) is 3. The van der Waals surface area contributed by atoms with Crippen LogP contribution in [0.1, 0.15) is 16.1 Å². The lowest BCUT2D eigenvalue weighted by Gasteiger charge is -2.23. The monoisotopic (exact) mass is 409 g/mol. The second kappa shape index (κ2) is 9.93. The predicted molar refractivity (Wildman–Crippen MR) is 115 cm³/mol. The van der Waals surface area contributed by atoms with Crippen LogP contribution in [0.15, 0.2) is 59.1 Å². The van der Waals surface area contributed by atoms with E-state index in [1.807, 2.05) is 73.6 Å². The molecule has 3 rings (SSSR count). The molecule has 0 aliphatic carbocycles. The highest BCUT2D eigenvalue weighted by Gasteiger charge is 2.19. The van der Waals surface area contributed by atoms with E-state index >= 15 is 0 Å². The van der Waals surface area contributed by atoms with Crippen LogP contribution < -0.4 is 9.47 Å². The minimum absolute atomic E-state index is 0.0408. The molecule has 0 unspecified atom stereocenters. The molecule has 7 nitrogen and oxygen atoms in total. The number of likely N-dealkylation sites (N-methyl/N-ethyl adjacent to an activating group) is 1. The quantitative estimate of drug-likeness (QED) is 0.538. The van der Waals surface area contributed by atoms with Crippen LogP contribution in [-0.4, -0.2) is 62.3 Å². The molecule has 0 bridgehead atoms. The fourth-order valence-corrected chi connectivity index (χ4v) is 3.05. The van der Waals surface area contributed by atoms with Gasteiger partial charge in [-0.25, -0.2) is 0 Å². The highest BCUT2D eigenvalue weighted by atomic mass is 16.5. The van der Waals surface area contributed by atoms with E-state index in [1.165, 1.54) is 0 Å². The summed E-state index contributed by atoms with van der Waals surface area (Å²) in [5.74, 6) is 1.86. The molecule has 0 aliphatic rings. The SMILES string of the molecule is COc1ccc(OC)c(-c2cc(CN(CCN(C)C)C(=O)c3ccccc3)no2)c1. The Labute approximate surface area is 176 Å². The highest BCUT2D eigenvalue weighted by molar-refractivity contribution is 5.94. The molecular formula is C23H27N3O4. The summed E-state index contributed by atoms with van der Waals surface area (Å²) in [6, 6.07) is 16.6. The molecule has 0 fully saturated rings. The fourth-order valence-electron chi connectivity index (χ4n) is 3.05. The zero-order valence-electron chi connectivity index (χ0n) is 17.8. The maximum absolute atomic E-state index is 13.0. The van der Waals surface area contributed by atoms with Crippen molar-refractivity contribution in [3.63, 3.8) is 0 Å². The molecule has 1 heterocycles. The van der Waals surface area contributed by atoms with Crippen LogP contribution in [0.5, 0.6) is 11.5 Å². The Kier molecular flexibility index (Phi) is 7.08. The molecular weight excluding hydrogens is 382 g/mol. The maximum atomic E-state index is 13.0. The number of amides is 1. The second-order valence-corrected chi connectivity index (χ2v) is 7.14. The van der Waals surface area contributed by atoms with E-state index in [-0.39, 0.29) is 5.91 Å². The number of methoxy groups -OCH3 is 2. The molecule has 0 radical (unpaired) electrons. The first-order chi connectivity index (χ1) is 14.5. The fraction of sp³-hybridized carbons (Fsp3) is 0.304. The van der Waals surface area contributed by atoms with Gasteiger partial charge in [0.2, 0.25) is 0 Å². The van der Waals surface area contributed by atoms with E-state index in [9.17, 15) is 4.79 Å². The van der Waals surface area contributed by atoms with Crippen LogP contribution in [0, 0.1) is 0 Å². The van der Waals surface area contributed by atoms with Crippen molar-refractivity contribution in [2.75, 3.05) is 41.4 Å². The number of hydrogen-bond acceptors (Lipinski definition) is 6. The van der Waals surface area contributed by atoms with Crippen LogP contribution >= 0.6 is 0 Å². The number of carbonyl (C=O) groups excluding carboxylic acids is 1. The van der Waals surface area contributed by atoms with Crippen molar-refractivity contribution in [3.05, 3.63) is 65.9 Å². The third-order valence-corrected chi connectivity index (χ3v) is 4.71. The zero-order valence-corrected chi connectivity index (χ0v) is 17.8. The Bertz CT molecular complexity index is 970. The Balaban J connectivity index is 1.84. The van der Waals surface area contributed by atoms with Gasteiger partial charge in [0.05, 0.1) is 26.3 Å². The summed E-state index contributed by atoms with van der Waals surface area (Å²) in [5.41, 5.74) is 2.05. The third kappa shape index (κ3) is 5.18. The van der Waals surface area contributed by atoms with E-state index in [4.69, 9.17) is 14.0 Å². The summed E-state index contributed by atoms with van der Waals surface area (Å²) >= 11 is 0. The summed E-state index contributed by atoms with van der Waals surface area (Å²) in [6.07, 6.45) is 0. The third-order valence-electron chi connectivity index (χ3n) is 4.71. The van der Waals surface area contributed by atoms with Gasteiger partial charge < -0.3 is 23.8 Å². The largest absolute Gasteiger partial charge is 0.497 e. The van der Waals surface area contributed by atoms with Crippen molar-refractivity contribution in [3.8, 4) is 22.8 Å². The summed E-state index contributed by atoms with van der Waals surface area (Å²) < 4.78 is 16.3. The van der Waals surface area contributed by atoms with Gasteiger partial charge in [0, 0.05) is 24.7 Å². The molecule has 1 aromatic heterocycles. The molecule has 1 amide bonds. The van der Waals surface area contributed by atoms with Crippen LogP contribution in [0.3, 0.4) is 0 Å². The minimum atomic E-state index is -0.0408. The van der Waals surface area contributed by atoms with E-state index in [1.54, 1.807) is 19.1 Å². The van der Waals surface area contributed by atoms with Gasteiger partial charge in [0.25, 0.3) is 5.91 Å². The lowest BCUT2D eigenvalue weighted by molar-refractivity contribution is 0.0728. The lowest BCUT2D eigenvalue weighted by atomic mass is 10.1. The molecule has 0 saturated carbocycles. The molecule has 0 N–H and O–H groups in total. The Morgan fingerprint density at radius 2 is 1.77 bits per heavy atom. The van der Waals surface area contributed by atoms with Crippen molar-refractivity contribution >= 4 is 5.91 Å². The Morgan fingerprint density at radius 3 is 2.43 bits per heavy atom. The maximum Gasteiger partial charge on any atom is 0.254 e. The topological polar surface area (TPSA) is 68.0 Å². The average Bonchev–Trinajstić information content (AvgIpc) is 3.24. The first-order valence-electron chi connectivity index (χ1n) is 9.69. The number of carbonyl (C=O) groups is 1. The first-order valence-corrected chi connectivity index (χ1v) is 9.69. The van der Waals surface area contributed by atoms with Gasteiger partial charge in [-0.15, -0.1) is 0 Å². The number of ether oxygens (including phenoxy) is 2. The molecule has 0 saturated heterocycles. The number of hydrogen-bond donors (Lipinski definition) is 0. The molecule has 0 spiro atoms. The van der Waals surface area contributed by atoms with Crippen LogP contribution in [0.2, 0.25) is 0 Å². The zero-order chi connectivity index (χ0) is 21.5. The predicted octanol–water partition coefficient (Wildman–Crippen LogP) is 3.56. The van der Waals surface area contributed by atoms with Gasteiger partial charge in [0.1, 0.15) is 17.2 Å². The van der Waals surface area contributed by atoms with Crippen molar-refractivity contribution < 1.29 is 18.8 Å². The van der Waals surface area contributed by atoms with Crippen molar-refractivity contribution in [1.82, 2.24) is 15.0 Å². The van der Waals surface area contributed by atoms with Gasteiger partial charge in [0.15, 0.2) is 5.76 Å². The van der Waals surface area contributed by atoms with Crippen molar-refractivity contribution in [2.45, 2.75) is 6.54 Å². The summed E-state index contributed by atoms with van der Waals surface area (Å²) in [5, 5.41) is 4.19. The first kappa shape index (κ1) is 21.4. The van der Waals surface area contributed by atoms with Crippen LogP contribution in [0.4, 0.5) is 0 Å². The Hall–Kier alpha value is -3.32. The van der Waals surface area contributed by atoms with Gasteiger partial charge in [-0.05, 0) is 44.4 Å². The standard InChI is InChI=1S/C23H27N3O4/c1-25(2)12-13-26(23(27)17-8-6-5-7-9-17)16-18-14-22(30-24-18)20-15-19(28-3)10-11-21(20)29-4/h5-11,14-15H,12-13,16H2,1-4H3. The van der Waals surface area contributed by atoms with Gasteiger partial charge in [-0.2, -0.15) is 0 Å². The number of aromatic nitrogens is 1. The molecule has 2 aromatic carbocycles. The number of benzene rings is 2. The minimum Gasteiger partial charge on any atom is -0.497 e. The summed E-state index contributed by atoms with van der Waals surface area (Å²) in [4.78, 5) is 16.9. The van der Waals surface area contributed by atoms with Crippen LogP contribution in [0.25, 0.3) is 11.3 Å². The number of rotatable bonds is 9. The second-order valence-electron chi connectivity index (χ2n) is 7.14. The normalized spacial score (nSPS) is 10.8. The van der Waals surface area contributed by atoms with Gasteiger partial charge in [-0.1, -0.05) is 23.4 Å². The van der Waals surface area contributed by atoms with Gasteiger partial charge in [-0.3, -0.25) is 4.79 Å². The van der Waals surface area contributed by atoms with E-state index in [2.05, 4.69) is 5.16 Å². The highest BCUT2D eigenvalue weighted by Crippen LogP contribution is 2.34. The van der Waals surface area contributed by atoms with E-state index < -0.39 is 0 Å². The molecule has 7 heteroatoms. The van der Waals surface area contributed by atoms with E-state index in [0.717, 1.165) is 12.1 Å². The smallest absolute Gasteiger partial charge is 0.254 e. The molecule has 0 atom stereocenters. The summed E-state index contributed by atoms with van der Waals surface area (Å²) in [7, 11) is 7.17. The molecule has 158 valence electrons. The lowest BCUT2D eigenvalue weighted by Crippen LogP contribution is -2.36. The summed E-state index contributed by atoms with van der Waals surface area (Å²) in [6.45, 7) is 1.66. The van der Waals surface area contributed by atoms with Crippen molar-refractivity contribution in [2.24, 2.45) is 0 Å². The van der Waals surface area contributed by atoms with Crippen LogP contribution in [-0.2, 0) is 6.54 Å². The molecule has 3 aromatic rings.